The number of piperazine rings is 1. The van der Waals surface area contributed by atoms with Crippen LogP contribution in [0, 0.1) is 0 Å². The standard InChI is InChI=1S/C14H16N2O2/c1-9-14(18)15-8-13(17)16(9)12-6-5-10-3-2-4-11(10)7-12/h5-7,9H,2-4,8H2,1H3,(H,15,18). The van der Waals surface area contributed by atoms with E-state index in [0.29, 0.717) is 0 Å². The molecule has 0 spiro atoms. The van der Waals surface area contributed by atoms with E-state index in [4.69, 9.17) is 0 Å². The number of anilines is 1. The van der Waals surface area contributed by atoms with Crippen molar-refractivity contribution in [2.45, 2.75) is 32.2 Å². The average molecular weight is 244 g/mol. The molecule has 1 aromatic rings. The van der Waals surface area contributed by atoms with Crippen LogP contribution < -0.4 is 10.2 Å². The van der Waals surface area contributed by atoms with Crippen molar-refractivity contribution in [2.75, 3.05) is 11.4 Å². The highest BCUT2D eigenvalue weighted by Gasteiger charge is 2.32. The van der Waals surface area contributed by atoms with Crippen LogP contribution in [0.25, 0.3) is 0 Å². The summed E-state index contributed by atoms with van der Waals surface area (Å²) in [4.78, 5) is 25.2. The molecule has 0 aromatic heterocycles. The van der Waals surface area contributed by atoms with E-state index >= 15 is 0 Å². The molecule has 1 fully saturated rings. The zero-order chi connectivity index (χ0) is 12.7. The Morgan fingerprint density at radius 1 is 1.22 bits per heavy atom. The molecule has 2 aliphatic rings. The molecule has 1 unspecified atom stereocenters. The van der Waals surface area contributed by atoms with E-state index in [1.165, 1.54) is 17.5 Å². The molecule has 1 saturated heterocycles. The molecule has 1 aliphatic carbocycles. The van der Waals surface area contributed by atoms with Crippen molar-refractivity contribution in [1.29, 1.82) is 0 Å². The molecule has 1 atom stereocenters. The Morgan fingerprint density at radius 2 is 2.00 bits per heavy atom. The van der Waals surface area contributed by atoms with Gasteiger partial charge in [0, 0.05) is 5.69 Å². The number of carbonyl (C=O) groups excluding carboxylic acids is 2. The number of nitrogens with one attached hydrogen (secondary N) is 1. The molecule has 1 N–H and O–H groups in total. The van der Waals surface area contributed by atoms with Crippen LogP contribution in [-0.2, 0) is 22.4 Å². The fourth-order valence-electron chi connectivity index (χ4n) is 2.80. The van der Waals surface area contributed by atoms with Gasteiger partial charge in [0.1, 0.15) is 6.04 Å². The number of hydrogen-bond donors (Lipinski definition) is 1. The van der Waals surface area contributed by atoms with Crippen LogP contribution >= 0.6 is 0 Å². The summed E-state index contributed by atoms with van der Waals surface area (Å²) in [6, 6.07) is 5.68. The number of nitrogens with zero attached hydrogens (tertiary/aromatic N) is 1. The number of aryl methyl sites for hydroxylation is 2. The van der Waals surface area contributed by atoms with Crippen LogP contribution in [0.4, 0.5) is 5.69 Å². The molecule has 1 heterocycles. The Bertz CT molecular complexity index is 525. The van der Waals surface area contributed by atoms with Crippen molar-refractivity contribution in [3.05, 3.63) is 29.3 Å². The quantitative estimate of drug-likeness (QED) is 0.802. The van der Waals surface area contributed by atoms with E-state index in [1.54, 1.807) is 11.8 Å². The van der Waals surface area contributed by atoms with Gasteiger partial charge < -0.3 is 5.32 Å². The number of amides is 2. The topological polar surface area (TPSA) is 49.4 Å². The lowest BCUT2D eigenvalue weighted by atomic mass is 10.1. The lowest BCUT2D eigenvalue weighted by molar-refractivity contribution is -0.130. The minimum absolute atomic E-state index is 0.0416. The number of benzene rings is 1. The van der Waals surface area contributed by atoms with Crippen LogP contribution in [0.15, 0.2) is 18.2 Å². The third-order valence-electron chi connectivity index (χ3n) is 3.81. The summed E-state index contributed by atoms with van der Waals surface area (Å²) < 4.78 is 0. The smallest absolute Gasteiger partial charge is 0.247 e. The molecule has 4 heteroatoms. The van der Waals surface area contributed by atoms with Gasteiger partial charge in [-0.1, -0.05) is 6.07 Å². The summed E-state index contributed by atoms with van der Waals surface area (Å²) in [5.74, 6) is -0.129. The predicted octanol–water partition coefficient (Wildman–Crippen LogP) is 1.03. The van der Waals surface area contributed by atoms with Gasteiger partial charge in [-0.2, -0.15) is 0 Å². The van der Waals surface area contributed by atoms with Crippen LogP contribution in [0.1, 0.15) is 24.5 Å². The zero-order valence-electron chi connectivity index (χ0n) is 10.4. The van der Waals surface area contributed by atoms with Crippen molar-refractivity contribution in [3.8, 4) is 0 Å². The highest BCUT2D eigenvalue weighted by atomic mass is 16.2. The first kappa shape index (κ1) is 11.3. The van der Waals surface area contributed by atoms with Gasteiger partial charge in [0.25, 0.3) is 0 Å². The summed E-state index contributed by atoms with van der Waals surface area (Å²) in [6.45, 7) is 1.86. The highest BCUT2D eigenvalue weighted by Crippen LogP contribution is 2.28. The average Bonchev–Trinajstić information content (AvgIpc) is 2.82. The van der Waals surface area contributed by atoms with Crippen molar-refractivity contribution in [1.82, 2.24) is 5.32 Å². The molecule has 0 bridgehead atoms. The number of carbonyl (C=O) groups is 2. The maximum Gasteiger partial charge on any atom is 0.247 e. The molecule has 94 valence electrons. The highest BCUT2D eigenvalue weighted by molar-refractivity contribution is 6.06. The first-order valence-electron chi connectivity index (χ1n) is 6.38. The minimum Gasteiger partial charge on any atom is -0.345 e. The van der Waals surface area contributed by atoms with Crippen LogP contribution in [0.2, 0.25) is 0 Å². The van der Waals surface area contributed by atoms with E-state index in [1.807, 2.05) is 6.07 Å². The summed E-state index contributed by atoms with van der Waals surface area (Å²) in [6.07, 6.45) is 3.38. The van der Waals surface area contributed by atoms with E-state index in [9.17, 15) is 9.59 Å². The van der Waals surface area contributed by atoms with Gasteiger partial charge in [0.15, 0.2) is 0 Å². The molecular weight excluding hydrogens is 228 g/mol. The van der Waals surface area contributed by atoms with E-state index in [-0.39, 0.29) is 18.4 Å². The molecule has 3 rings (SSSR count). The lowest BCUT2D eigenvalue weighted by Crippen LogP contribution is -2.57. The van der Waals surface area contributed by atoms with E-state index < -0.39 is 6.04 Å². The van der Waals surface area contributed by atoms with Crippen molar-refractivity contribution in [2.24, 2.45) is 0 Å². The summed E-state index contributed by atoms with van der Waals surface area (Å²) >= 11 is 0. The second kappa shape index (κ2) is 4.12. The Labute approximate surface area is 106 Å². The molecule has 1 aliphatic heterocycles. The largest absolute Gasteiger partial charge is 0.345 e. The minimum atomic E-state index is -0.425. The molecule has 4 nitrogen and oxygen atoms in total. The van der Waals surface area contributed by atoms with Gasteiger partial charge in [-0.15, -0.1) is 0 Å². The number of fused-ring (bicyclic) bond motifs is 1. The maximum atomic E-state index is 12.0. The Balaban J connectivity index is 1.97. The number of hydrogen-bond acceptors (Lipinski definition) is 2. The van der Waals surface area contributed by atoms with Crippen LogP contribution in [-0.4, -0.2) is 24.4 Å². The summed E-state index contributed by atoms with van der Waals surface area (Å²) in [7, 11) is 0. The lowest BCUT2D eigenvalue weighted by Gasteiger charge is -2.33. The third kappa shape index (κ3) is 1.68. The summed E-state index contributed by atoms with van der Waals surface area (Å²) in [5, 5.41) is 2.60. The van der Waals surface area contributed by atoms with Crippen LogP contribution in [0.5, 0.6) is 0 Å². The van der Waals surface area contributed by atoms with Gasteiger partial charge >= 0.3 is 0 Å². The molecule has 18 heavy (non-hydrogen) atoms. The second-order valence-corrected chi connectivity index (χ2v) is 4.96. The molecule has 0 saturated carbocycles. The van der Waals surface area contributed by atoms with Gasteiger partial charge in [-0.05, 0) is 49.4 Å². The monoisotopic (exact) mass is 244 g/mol. The predicted molar refractivity (Wildman–Crippen MR) is 68.4 cm³/mol. The fraction of sp³-hybridized carbons (Fsp3) is 0.429. The van der Waals surface area contributed by atoms with Gasteiger partial charge in [-0.25, -0.2) is 0 Å². The zero-order valence-corrected chi connectivity index (χ0v) is 10.4. The Kier molecular flexibility index (Phi) is 2.58. The van der Waals surface area contributed by atoms with Crippen LogP contribution in [0.3, 0.4) is 0 Å². The van der Waals surface area contributed by atoms with Gasteiger partial charge in [0.2, 0.25) is 11.8 Å². The Morgan fingerprint density at radius 3 is 2.83 bits per heavy atom. The fourth-order valence-corrected chi connectivity index (χ4v) is 2.80. The van der Waals surface area contributed by atoms with Crippen molar-refractivity contribution < 1.29 is 9.59 Å². The first-order chi connectivity index (χ1) is 8.66. The van der Waals surface area contributed by atoms with Gasteiger partial charge in [0.05, 0.1) is 6.54 Å². The number of rotatable bonds is 1. The second-order valence-electron chi connectivity index (χ2n) is 4.96. The van der Waals surface area contributed by atoms with Gasteiger partial charge in [-0.3, -0.25) is 14.5 Å². The Hall–Kier alpha value is -1.84. The van der Waals surface area contributed by atoms with Crippen molar-refractivity contribution in [3.63, 3.8) is 0 Å². The first-order valence-corrected chi connectivity index (χ1v) is 6.38. The molecule has 2 amide bonds. The molecule has 0 radical (unpaired) electrons. The normalized spacial score (nSPS) is 22.9. The third-order valence-corrected chi connectivity index (χ3v) is 3.81. The molecule has 1 aromatic carbocycles. The van der Waals surface area contributed by atoms with E-state index in [2.05, 4.69) is 17.4 Å². The van der Waals surface area contributed by atoms with Crippen molar-refractivity contribution >= 4 is 17.5 Å². The maximum absolute atomic E-state index is 12.0. The molecular formula is C14H16N2O2. The van der Waals surface area contributed by atoms with E-state index in [0.717, 1.165) is 18.5 Å². The SMILES string of the molecule is CC1C(=O)NCC(=O)N1c1ccc2c(c1)CCC2. The summed E-state index contributed by atoms with van der Waals surface area (Å²) in [5.41, 5.74) is 3.54.